The molecule has 0 aromatic heterocycles. The summed E-state index contributed by atoms with van der Waals surface area (Å²) in [5, 5.41) is 3.46. The van der Waals surface area contributed by atoms with Gasteiger partial charge in [-0.3, -0.25) is 10.2 Å². The van der Waals surface area contributed by atoms with E-state index in [2.05, 4.69) is 10.2 Å². The van der Waals surface area contributed by atoms with E-state index in [9.17, 15) is 0 Å². The fourth-order valence-corrected chi connectivity index (χ4v) is 2.95. The van der Waals surface area contributed by atoms with E-state index in [-0.39, 0.29) is 0 Å². The van der Waals surface area contributed by atoms with Gasteiger partial charge >= 0.3 is 0 Å². The molecule has 0 aromatic carbocycles. The van der Waals surface area contributed by atoms with Crippen molar-refractivity contribution < 1.29 is 4.74 Å². The molecule has 0 aliphatic carbocycles. The Morgan fingerprint density at radius 1 is 1.33 bits per heavy atom. The van der Waals surface area contributed by atoms with E-state index in [1.54, 1.807) is 0 Å². The Morgan fingerprint density at radius 3 is 3.33 bits per heavy atom. The molecule has 3 aliphatic rings. The second-order valence-corrected chi connectivity index (χ2v) is 4.13. The number of hydrogen-bond acceptors (Lipinski definition) is 3. The zero-order valence-electron chi connectivity index (χ0n) is 7.33. The monoisotopic (exact) mass is 168 g/mol. The summed E-state index contributed by atoms with van der Waals surface area (Å²) in [4.78, 5) is 2.58. The minimum atomic E-state index is 0.379. The number of nitrogens with one attached hydrogen (secondary N) is 1. The van der Waals surface area contributed by atoms with E-state index >= 15 is 0 Å². The Labute approximate surface area is 73.1 Å². The Balaban J connectivity index is 1.81. The molecule has 0 bridgehead atoms. The maximum atomic E-state index is 5.63. The summed E-state index contributed by atoms with van der Waals surface area (Å²) in [6.45, 7) is 3.30. The SMILES string of the molecule is C1CC2C3CCOC3NCN2C1. The lowest BCUT2D eigenvalue weighted by atomic mass is 9.93. The van der Waals surface area contributed by atoms with E-state index in [4.69, 9.17) is 4.74 Å². The molecule has 1 N–H and O–H groups in total. The molecule has 3 fully saturated rings. The predicted molar refractivity (Wildman–Crippen MR) is 45.6 cm³/mol. The van der Waals surface area contributed by atoms with Crippen molar-refractivity contribution >= 4 is 0 Å². The van der Waals surface area contributed by atoms with Crippen molar-refractivity contribution in [3.8, 4) is 0 Å². The van der Waals surface area contributed by atoms with Crippen LogP contribution in [0.2, 0.25) is 0 Å². The molecule has 3 saturated heterocycles. The number of fused-ring (bicyclic) bond motifs is 3. The third kappa shape index (κ3) is 0.934. The molecule has 0 radical (unpaired) electrons. The van der Waals surface area contributed by atoms with Gasteiger partial charge in [0, 0.05) is 18.6 Å². The molecule has 3 aliphatic heterocycles. The van der Waals surface area contributed by atoms with Gasteiger partial charge in [-0.25, -0.2) is 0 Å². The number of ether oxygens (including phenoxy) is 1. The zero-order chi connectivity index (χ0) is 7.97. The van der Waals surface area contributed by atoms with Gasteiger partial charge < -0.3 is 4.74 Å². The first-order chi connectivity index (χ1) is 5.95. The fourth-order valence-electron chi connectivity index (χ4n) is 2.95. The van der Waals surface area contributed by atoms with Gasteiger partial charge in [-0.2, -0.15) is 0 Å². The Morgan fingerprint density at radius 2 is 2.33 bits per heavy atom. The molecular formula is C9H16N2O. The normalized spacial score (nSPS) is 47.5. The van der Waals surface area contributed by atoms with Crippen molar-refractivity contribution in [2.75, 3.05) is 19.8 Å². The van der Waals surface area contributed by atoms with Crippen LogP contribution in [0.25, 0.3) is 0 Å². The van der Waals surface area contributed by atoms with Crippen molar-refractivity contribution in [1.29, 1.82) is 0 Å². The average molecular weight is 168 g/mol. The summed E-state index contributed by atoms with van der Waals surface area (Å²) < 4.78 is 5.63. The highest BCUT2D eigenvalue weighted by Gasteiger charge is 2.42. The van der Waals surface area contributed by atoms with Gasteiger partial charge in [0.05, 0.1) is 6.67 Å². The van der Waals surface area contributed by atoms with Crippen LogP contribution in [0.3, 0.4) is 0 Å². The zero-order valence-corrected chi connectivity index (χ0v) is 7.33. The van der Waals surface area contributed by atoms with Gasteiger partial charge in [0.1, 0.15) is 6.23 Å². The highest BCUT2D eigenvalue weighted by Crippen LogP contribution is 2.34. The molecular weight excluding hydrogens is 152 g/mol. The number of rotatable bonds is 0. The second-order valence-electron chi connectivity index (χ2n) is 4.13. The van der Waals surface area contributed by atoms with Crippen molar-refractivity contribution in [3.05, 3.63) is 0 Å². The Kier molecular flexibility index (Phi) is 1.63. The predicted octanol–water partition coefficient (Wildman–Crippen LogP) is 0.374. The van der Waals surface area contributed by atoms with Crippen molar-refractivity contribution in [1.82, 2.24) is 10.2 Å². The Hall–Kier alpha value is -0.120. The minimum absolute atomic E-state index is 0.379. The highest BCUT2D eigenvalue weighted by molar-refractivity contribution is 4.93. The maximum Gasteiger partial charge on any atom is 0.113 e. The van der Waals surface area contributed by atoms with E-state index < -0.39 is 0 Å². The molecule has 0 aromatic rings. The molecule has 0 spiro atoms. The first-order valence-electron chi connectivity index (χ1n) is 5.04. The van der Waals surface area contributed by atoms with Crippen LogP contribution in [0.15, 0.2) is 0 Å². The van der Waals surface area contributed by atoms with E-state index in [0.717, 1.165) is 25.2 Å². The molecule has 3 heteroatoms. The largest absolute Gasteiger partial charge is 0.363 e. The van der Waals surface area contributed by atoms with Crippen LogP contribution in [0.5, 0.6) is 0 Å². The molecule has 68 valence electrons. The lowest BCUT2D eigenvalue weighted by molar-refractivity contribution is -0.00930. The van der Waals surface area contributed by atoms with Gasteiger partial charge in [0.15, 0.2) is 0 Å². The molecule has 3 nitrogen and oxygen atoms in total. The second kappa shape index (κ2) is 2.69. The third-order valence-electron chi connectivity index (χ3n) is 3.54. The first kappa shape index (κ1) is 7.30. The molecule has 0 amide bonds. The summed E-state index contributed by atoms with van der Waals surface area (Å²) in [6, 6.07) is 0.832. The number of hydrogen-bond donors (Lipinski definition) is 1. The van der Waals surface area contributed by atoms with Crippen molar-refractivity contribution in [2.45, 2.75) is 31.5 Å². The van der Waals surface area contributed by atoms with Gasteiger partial charge in [-0.15, -0.1) is 0 Å². The van der Waals surface area contributed by atoms with Crippen LogP contribution in [0.4, 0.5) is 0 Å². The fraction of sp³-hybridized carbons (Fsp3) is 1.00. The first-order valence-corrected chi connectivity index (χ1v) is 5.04. The summed E-state index contributed by atoms with van der Waals surface area (Å²) in [5.74, 6) is 0.779. The van der Waals surface area contributed by atoms with E-state index in [0.29, 0.717) is 6.23 Å². The lowest BCUT2D eigenvalue weighted by Crippen LogP contribution is -2.55. The highest BCUT2D eigenvalue weighted by atomic mass is 16.5. The minimum Gasteiger partial charge on any atom is -0.363 e. The average Bonchev–Trinajstić information content (AvgIpc) is 2.71. The Bertz CT molecular complexity index is 165. The van der Waals surface area contributed by atoms with Crippen LogP contribution >= 0.6 is 0 Å². The van der Waals surface area contributed by atoms with Crippen LogP contribution < -0.4 is 5.32 Å². The third-order valence-corrected chi connectivity index (χ3v) is 3.54. The number of nitrogens with zero attached hydrogens (tertiary/aromatic N) is 1. The molecule has 3 rings (SSSR count). The summed E-state index contributed by atoms with van der Waals surface area (Å²) in [6.07, 6.45) is 4.42. The molecule has 3 atom stereocenters. The standard InChI is InChI=1S/C9H16N2O/c1-2-8-7-3-5-12-9(7)10-6-11(8)4-1/h7-10H,1-6H2. The molecule has 12 heavy (non-hydrogen) atoms. The quantitative estimate of drug-likeness (QED) is 0.565. The molecule has 3 unspecified atom stereocenters. The van der Waals surface area contributed by atoms with Crippen LogP contribution in [0, 0.1) is 5.92 Å². The lowest BCUT2D eigenvalue weighted by Gasteiger charge is -2.38. The van der Waals surface area contributed by atoms with Crippen LogP contribution in [-0.2, 0) is 4.74 Å². The van der Waals surface area contributed by atoms with Gasteiger partial charge in [0.2, 0.25) is 0 Å². The van der Waals surface area contributed by atoms with E-state index in [1.807, 2.05) is 0 Å². The van der Waals surface area contributed by atoms with Gasteiger partial charge in [0.25, 0.3) is 0 Å². The van der Waals surface area contributed by atoms with Crippen molar-refractivity contribution in [3.63, 3.8) is 0 Å². The smallest absolute Gasteiger partial charge is 0.113 e. The molecule has 0 saturated carbocycles. The van der Waals surface area contributed by atoms with Crippen molar-refractivity contribution in [2.24, 2.45) is 5.92 Å². The maximum absolute atomic E-state index is 5.63. The molecule has 3 heterocycles. The summed E-state index contributed by atoms with van der Waals surface area (Å²) in [7, 11) is 0. The van der Waals surface area contributed by atoms with Crippen LogP contribution in [-0.4, -0.2) is 37.0 Å². The van der Waals surface area contributed by atoms with Gasteiger partial charge in [-0.1, -0.05) is 0 Å². The topological polar surface area (TPSA) is 24.5 Å². The van der Waals surface area contributed by atoms with Crippen LogP contribution in [0.1, 0.15) is 19.3 Å². The summed E-state index contributed by atoms with van der Waals surface area (Å²) in [5.41, 5.74) is 0. The van der Waals surface area contributed by atoms with Gasteiger partial charge in [-0.05, 0) is 25.8 Å². The van der Waals surface area contributed by atoms with E-state index in [1.165, 1.54) is 25.8 Å². The summed E-state index contributed by atoms with van der Waals surface area (Å²) >= 11 is 0.